The van der Waals surface area contributed by atoms with Crippen molar-refractivity contribution in [1.82, 2.24) is 21.3 Å². The van der Waals surface area contributed by atoms with Crippen molar-refractivity contribution in [2.75, 3.05) is 83.6 Å². The molecule has 1 saturated heterocycles. The van der Waals surface area contributed by atoms with Gasteiger partial charge in [-0.15, -0.1) is 0 Å². The van der Waals surface area contributed by atoms with Crippen LogP contribution in [0.4, 0.5) is 5.69 Å². The predicted octanol–water partition coefficient (Wildman–Crippen LogP) is 3.05. The van der Waals surface area contributed by atoms with Gasteiger partial charge in [-0.25, -0.2) is 0 Å². The van der Waals surface area contributed by atoms with E-state index in [2.05, 4.69) is 68.6 Å². The number of anilines is 1. The van der Waals surface area contributed by atoms with Crippen molar-refractivity contribution in [3.8, 4) is 11.1 Å². The summed E-state index contributed by atoms with van der Waals surface area (Å²) in [5, 5.41) is 14.2. The molecule has 0 aromatic heterocycles. The zero-order valence-corrected chi connectivity index (χ0v) is 25.3. The molecule has 8 heteroatoms. The van der Waals surface area contributed by atoms with Crippen molar-refractivity contribution in [3.05, 3.63) is 53.6 Å². The Morgan fingerprint density at radius 1 is 0.625 bits per heavy atom. The lowest BCUT2D eigenvalue weighted by Crippen LogP contribution is -2.36. The molecule has 2 aromatic carbocycles. The second kappa shape index (κ2) is 22.6. The van der Waals surface area contributed by atoms with Gasteiger partial charge in [0.15, 0.2) is 0 Å². The summed E-state index contributed by atoms with van der Waals surface area (Å²) < 4.78 is 5.51. The largest absolute Gasteiger partial charge is 0.378 e. The van der Waals surface area contributed by atoms with Gasteiger partial charge in [-0.3, -0.25) is 0 Å². The number of hydrogen-bond donors (Lipinski definition) is 6. The maximum atomic E-state index is 5.56. The Hall–Kier alpha value is -2.04. The van der Waals surface area contributed by atoms with Gasteiger partial charge in [-0.05, 0) is 125 Å². The topological polar surface area (TPSA) is 113 Å². The average Bonchev–Trinajstić information content (AvgIpc) is 3.01. The van der Waals surface area contributed by atoms with E-state index in [-0.39, 0.29) is 0 Å². The highest BCUT2D eigenvalue weighted by atomic mass is 16.5. The van der Waals surface area contributed by atoms with Crippen LogP contribution < -0.4 is 37.6 Å². The number of benzene rings is 2. The van der Waals surface area contributed by atoms with Crippen molar-refractivity contribution < 1.29 is 4.74 Å². The molecule has 0 radical (unpaired) electrons. The lowest BCUT2D eigenvalue weighted by molar-refractivity contribution is 0.122. The third-order valence-electron chi connectivity index (χ3n) is 6.82. The highest BCUT2D eigenvalue weighted by molar-refractivity contribution is 5.68. The van der Waals surface area contributed by atoms with E-state index in [1.54, 1.807) is 0 Å². The second-order valence-electron chi connectivity index (χ2n) is 10.0. The van der Waals surface area contributed by atoms with Crippen LogP contribution in [0, 0.1) is 0 Å². The zero-order valence-electron chi connectivity index (χ0n) is 25.3. The van der Waals surface area contributed by atoms with E-state index in [0.717, 1.165) is 117 Å². The molecule has 2 aromatic rings. The smallest absolute Gasteiger partial charge is 0.0642 e. The molecule has 40 heavy (non-hydrogen) atoms. The Morgan fingerprint density at radius 2 is 1.10 bits per heavy atom. The van der Waals surface area contributed by atoms with Gasteiger partial charge >= 0.3 is 0 Å². The van der Waals surface area contributed by atoms with Crippen molar-refractivity contribution >= 4 is 5.69 Å². The first-order chi connectivity index (χ1) is 19.8. The number of rotatable bonds is 20. The van der Waals surface area contributed by atoms with Crippen LogP contribution in [0.5, 0.6) is 0 Å². The number of hydrogen-bond acceptors (Lipinski definition) is 8. The van der Waals surface area contributed by atoms with Crippen LogP contribution in [0.25, 0.3) is 11.1 Å². The van der Waals surface area contributed by atoms with Crippen molar-refractivity contribution in [2.24, 2.45) is 11.5 Å². The molecule has 0 amide bonds. The van der Waals surface area contributed by atoms with Gasteiger partial charge in [0, 0.05) is 31.9 Å². The molecule has 1 aliphatic rings. The van der Waals surface area contributed by atoms with Crippen LogP contribution in [0.1, 0.15) is 50.7 Å². The van der Waals surface area contributed by atoms with Gasteiger partial charge in [-0.1, -0.05) is 32.0 Å². The van der Waals surface area contributed by atoms with E-state index in [0.29, 0.717) is 0 Å². The van der Waals surface area contributed by atoms with Crippen molar-refractivity contribution in [2.45, 2.75) is 52.6 Å². The minimum atomic E-state index is 0.750. The lowest BCUT2D eigenvalue weighted by Gasteiger charge is -2.29. The fourth-order valence-corrected chi connectivity index (χ4v) is 4.67. The van der Waals surface area contributed by atoms with Gasteiger partial charge in [0.25, 0.3) is 0 Å². The Labute approximate surface area is 244 Å². The summed E-state index contributed by atoms with van der Waals surface area (Å²) in [4.78, 5) is 2.40. The van der Waals surface area contributed by atoms with Crippen molar-refractivity contribution in [1.29, 1.82) is 0 Å². The third-order valence-corrected chi connectivity index (χ3v) is 6.82. The van der Waals surface area contributed by atoms with Crippen LogP contribution in [0.15, 0.2) is 42.5 Å². The SMILES string of the molecule is CC.NCCCNCCCNCc1cc(CNCCCNCCCN)cc(-c2ccc(N3CCOCC3)cc2)c1. The molecule has 226 valence electrons. The van der Waals surface area contributed by atoms with Gasteiger partial charge in [0.1, 0.15) is 0 Å². The standard InChI is InChI=1S/C30H51N7O.C2H6/c31-9-1-11-33-13-3-15-35-24-26-21-27(25-36-16-4-14-34-12-2-10-32)23-29(22-26)28-5-7-30(8-6-28)37-17-19-38-20-18-37;1-2/h5-8,21-23,33-36H,1-4,9-20,24-25,31-32H2;1-2H3. The second-order valence-corrected chi connectivity index (χ2v) is 10.0. The molecule has 1 heterocycles. The van der Waals surface area contributed by atoms with E-state index >= 15 is 0 Å². The molecule has 1 aliphatic heterocycles. The molecule has 0 bridgehead atoms. The highest BCUT2D eigenvalue weighted by Gasteiger charge is 2.11. The van der Waals surface area contributed by atoms with Gasteiger partial charge < -0.3 is 42.4 Å². The maximum Gasteiger partial charge on any atom is 0.0642 e. The first-order valence-corrected chi connectivity index (χ1v) is 15.6. The fourth-order valence-electron chi connectivity index (χ4n) is 4.67. The molecule has 3 rings (SSSR count). The van der Waals surface area contributed by atoms with Gasteiger partial charge in [0.2, 0.25) is 0 Å². The summed E-state index contributed by atoms with van der Waals surface area (Å²) in [5.74, 6) is 0. The molecule has 0 spiro atoms. The van der Waals surface area contributed by atoms with Crippen LogP contribution in [0.2, 0.25) is 0 Å². The average molecular weight is 556 g/mol. The summed E-state index contributed by atoms with van der Waals surface area (Å²) in [7, 11) is 0. The molecule has 1 fully saturated rings. The van der Waals surface area contributed by atoms with E-state index in [4.69, 9.17) is 16.2 Å². The van der Waals surface area contributed by atoms with Crippen LogP contribution in [-0.2, 0) is 17.8 Å². The van der Waals surface area contributed by atoms with Gasteiger partial charge in [0.05, 0.1) is 13.2 Å². The Balaban J connectivity index is 0.00000274. The summed E-state index contributed by atoms with van der Waals surface area (Å²) >= 11 is 0. The molecule has 0 atom stereocenters. The van der Waals surface area contributed by atoms with E-state index in [1.807, 2.05) is 13.8 Å². The predicted molar refractivity (Wildman–Crippen MR) is 172 cm³/mol. The van der Waals surface area contributed by atoms with Crippen molar-refractivity contribution in [3.63, 3.8) is 0 Å². The number of nitrogens with zero attached hydrogens (tertiary/aromatic N) is 1. The molecule has 0 unspecified atom stereocenters. The minimum absolute atomic E-state index is 0.750. The molecule has 8 nitrogen and oxygen atoms in total. The van der Waals surface area contributed by atoms with Gasteiger partial charge in [-0.2, -0.15) is 0 Å². The first-order valence-electron chi connectivity index (χ1n) is 15.6. The normalized spacial score (nSPS) is 13.2. The maximum absolute atomic E-state index is 5.56. The summed E-state index contributed by atoms with van der Waals surface area (Å²) in [5.41, 5.74) is 17.6. The summed E-state index contributed by atoms with van der Waals surface area (Å²) in [6, 6.07) is 16.0. The zero-order chi connectivity index (χ0) is 28.7. The molecular formula is C32H57N7O. The Bertz CT molecular complexity index is 834. The molecule has 0 saturated carbocycles. The summed E-state index contributed by atoms with van der Waals surface area (Å²) in [6.45, 7) is 16.8. The number of morpholine rings is 1. The van der Waals surface area contributed by atoms with Crippen LogP contribution >= 0.6 is 0 Å². The highest BCUT2D eigenvalue weighted by Crippen LogP contribution is 2.26. The van der Waals surface area contributed by atoms with E-state index in [9.17, 15) is 0 Å². The molecule has 0 aliphatic carbocycles. The monoisotopic (exact) mass is 555 g/mol. The summed E-state index contributed by atoms with van der Waals surface area (Å²) in [6.07, 6.45) is 4.30. The third kappa shape index (κ3) is 14.0. The van der Waals surface area contributed by atoms with Crippen LogP contribution in [-0.4, -0.2) is 78.7 Å². The number of nitrogens with two attached hydrogens (primary N) is 2. The number of nitrogens with one attached hydrogen (secondary N) is 4. The fraction of sp³-hybridized carbons (Fsp3) is 0.625. The van der Waals surface area contributed by atoms with E-state index < -0.39 is 0 Å². The first kappa shape index (κ1) is 34.2. The lowest BCUT2D eigenvalue weighted by atomic mass is 9.99. The molecule has 8 N–H and O–H groups in total. The molecular weight excluding hydrogens is 498 g/mol. The minimum Gasteiger partial charge on any atom is -0.378 e. The van der Waals surface area contributed by atoms with E-state index in [1.165, 1.54) is 27.9 Å². The quantitative estimate of drug-likeness (QED) is 0.138. The number of ether oxygens (including phenoxy) is 1. The van der Waals surface area contributed by atoms with Crippen LogP contribution in [0.3, 0.4) is 0 Å². The Kier molecular flexibility index (Phi) is 19.3. The Morgan fingerprint density at radius 3 is 1.60 bits per heavy atom.